The van der Waals surface area contributed by atoms with E-state index in [0.29, 0.717) is 31.2 Å². The van der Waals surface area contributed by atoms with Crippen molar-refractivity contribution < 1.29 is 13.6 Å². The highest BCUT2D eigenvalue weighted by Crippen LogP contribution is 2.16. The Kier molecular flexibility index (Phi) is 12.4. The highest BCUT2D eigenvalue weighted by atomic mass is 127. The van der Waals surface area contributed by atoms with Crippen molar-refractivity contribution in [2.45, 2.75) is 18.7 Å². The SMILES string of the molecule is CN=C(NCCNC(=O)Cc1cccc(F)c1)NCc1ccc(F)cc1CSC.I. The van der Waals surface area contributed by atoms with Crippen molar-refractivity contribution in [2.75, 3.05) is 26.4 Å². The normalized spacial score (nSPS) is 10.9. The topological polar surface area (TPSA) is 65.5 Å². The van der Waals surface area contributed by atoms with Crippen LogP contribution in [-0.4, -0.2) is 38.3 Å². The number of nitrogens with zero attached hydrogens (tertiary/aromatic N) is 1. The van der Waals surface area contributed by atoms with Gasteiger partial charge in [0.05, 0.1) is 6.42 Å². The number of thioether (sulfide) groups is 1. The summed E-state index contributed by atoms with van der Waals surface area (Å²) in [6.45, 7) is 1.40. The zero-order valence-electron chi connectivity index (χ0n) is 17.0. The number of carbonyl (C=O) groups is 1. The van der Waals surface area contributed by atoms with Gasteiger partial charge in [-0.05, 0) is 47.2 Å². The summed E-state index contributed by atoms with van der Waals surface area (Å²) in [5.41, 5.74) is 2.59. The van der Waals surface area contributed by atoms with Gasteiger partial charge in [0.15, 0.2) is 5.96 Å². The zero-order chi connectivity index (χ0) is 21.1. The van der Waals surface area contributed by atoms with Crippen LogP contribution in [0.4, 0.5) is 8.78 Å². The van der Waals surface area contributed by atoms with Gasteiger partial charge in [0.2, 0.25) is 5.91 Å². The van der Waals surface area contributed by atoms with Crippen molar-refractivity contribution in [1.82, 2.24) is 16.0 Å². The highest BCUT2D eigenvalue weighted by molar-refractivity contribution is 14.0. The number of hydrogen-bond acceptors (Lipinski definition) is 3. The molecule has 5 nitrogen and oxygen atoms in total. The van der Waals surface area contributed by atoms with Crippen LogP contribution in [0.3, 0.4) is 0 Å². The molecular formula is C21H27F2IN4OS. The Hall–Kier alpha value is -1.88. The van der Waals surface area contributed by atoms with E-state index >= 15 is 0 Å². The standard InChI is InChI=1S/C21H26F2N4OS.HI/c1-24-21(27-13-16-6-7-19(23)12-17(16)14-29-2)26-9-8-25-20(28)11-15-4-3-5-18(22)10-15;/h3-7,10,12H,8-9,11,13-14H2,1-2H3,(H,25,28)(H2,24,26,27);1H. The molecule has 0 bridgehead atoms. The molecule has 1 amide bonds. The molecule has 0 unspecified atom stereocenters. The summed E-state index contributed by atoms with van der Waals surface area (Å²) < 4.78 is 26.6. The van der Waals surface area contributed by atoms with E-state index < -0.39 is 0 Å². The van der Waals surface area contributed by atoms with Crippen LogP contribution < -0.4 is 16.0 Å². The second-order valence-corrected chi connectivity index (χ2v) is 7.22. The molecule has 0 spiro atoms. The third-order valence-corrected chi connectivity index (χ3v) is 4.73. The number of hydrogen-bond donors (Lipinski definition) is 3. The predicted molar refractivity (Wildman–Crippen MR) is 130 cm³/mol. The van der Waals surface area contributed by atoms with Gasteiger partial charge in [0.1, 0.15) is 11.6 Å². The van der Waals surface area contributed by atoms with Gasteiger partial charge in [-0.1, -0.05) is 18.2 Å². The second-order valence-electron chi connectivity index (χ2n) is 6.36. The summed E-state index contributed by atoms with van der Waals surface area (Å²) in [4.78, 5) is 16.1. The van der Waals surface area contributed by atoms with Gasteiger partial charge in [-0.3, -0.25) is 9.79 Å². The Labute approximate surface area is 197 Å². The molecule has 0 fully saturated rings. The van der Waals surface area contributed by atoms with E-state index in [1.165, 1.54) is 18.2 Å². The van der Waals surface area contributed by atoms with Gasteiger partial charge >= 0.3 is 0 Å². The molecule has 9 heteroatoms. The molecule has 0 aliphatic rings. The number of benzene rings is 2. The fourth-order valence-corrected chi connectivity index (χ4v) is 3.31. The molecule has 2 aromatic carbocycles. The molecular weight excluding hydrogens is 521 g/mol. The molecule has 2 aromatic rings. The summed E-state index contributed by atoms with van der Waals surface area (Å²) in [5.74, 6) is 0.554. The Morgan fingerprint density at radius 3 is 2.43 bits per heavy atom. The van der Waals surface area contributed by atoms with Crippen LogP contribution in [0.1, 0.15) is 16.7 Å². The zero-order valence-corrected chi connectivity index (χ0v) is 20.2. The minimum absolute atomic E-state index is 0. The maximum atomic E-state index is 13.4. The van der Waals surface area contributed by atoms with E-state index in [1.807, 2.05) is 6.26 Å². The average molecular weight is 548 g/mol. The fraction of sp³-hybridized carbons (Fsp3) is 0.333. The number of rotatable bonds is 9. The van der Waals surface area contributed by atoms with Crippen molar-refractivity contribution in [3.63, 3.8) is 0 Å². The van der Waals surface area contributed by atoms with E-state index in [-0.39, 0.29) is 47.9 Å². The number of carbonyl (C=O) groups excluding carboxylic acids is 1. The van der Waals surface area contributed by atoms with Crippen molar-refractivity contribution in [2.24, 2.45) is 4.99 Å². The molecule has 0 aliphatic carbocycles. The third-order valence-electron chi connectivity index (χ3n) is 4.13. The minimum Gasteiger partial charge on any atom is -0.355 e. The summed E-state index contributed by atoms with van der Waals surface area (Å²) in [7, 11) is 1.66. The van der Waals surface area contributed by atoms with E-state index in [9.17, 15) is 13.6 Å². The fourth-order valence-electron chi connectivity index (χ4n) is 2.73. The Balaban J connectivity index is 0.00000450. The van der Waals surface area contributed by atoms with Crippen LogP contribution in [0.15, 0.2) is 47.5 Å². The minimum atomic E-state index is -0.353. The first kappa shape index (κ1) is 26.2. The van der Waals surface area contributed by atoms with E-state index in [0.717, 1.165) is 16.9 Å². The third kappa shape index (κ3) is 9.29. The lowest BCUT2D eigenvalue weighted by Crippen LogP contribution is -2.41. The molecule has 0 heterocycles. The first-order valence-corrected chi connectivity index (χ1v) is 10.6. The van der Waals surface area contributed by atoms with Gasteiger partial charge < -0.3 is 16.0 Å². The van der Waals surface area contributed by atoms with Crippen LogP contribution in [-0.2, 0) is 23.5 Å². The van der Waals surface area contributed by atoms with E-state index in [1.54, 1.807) is 43.1 Å². The second kappa shape index (κ2) is 14.2. The van der Waals surface area contributed by atoms with Gasteiger partial charge in [-0.25, -0.2) is 8.78 Å². The molecule has 2 rings (SSSR count). The van der Waals surface area contributed by atoms with Gasteiger partial charge in [0.25, 0.3) is 0 Å². The maximum absolute atomic E-state index is 13.4. The molecule has 164 valence electrons. The Bertz CT molecular complexity index is 852. The van der Waals surface area contributed by atoms with Crippen LogP contribution >= 0.6 is 35.7 Å². The number of nitrogens with one attached hydrogen (secondary N) is 3. The van der Waals surface area contributed by atoms with Crippen LogP contribution in [0.25, 0.3) is 0 Å². The number of amides is 1. The van der Waals surface area contributed by atoms with Crippen molar-refractivity contribution in [3.8, 4) is 0 Å². The molecule has 0 aliphatic heterocycles. The van der Waals surface area contributed by atoms with Crippen LogP contribution in [0.5, 0.6) is 0 Å². The number of aliphatic imine (C=N–C) groups is 1. The molecule has 3 N–H and O–H groups in total. The monoisotopic (exact) mass is 548 g/mol. The highest BCUT2D eigenvalue weighted by Gasteiger charge is 2.06. The van der Waals surface area contributed by atoms with Crippen molar-refractivity contribution in [1.29, 1.82) is 0 Å². The Morgan fingerprint density at radius 2 is 1.73 bits per heavy atom. The lowest BCUT2D eigenvalue weighted by atomic mass is 10.1. The maximum Gasteiger partial charge on any atom is 0.224 e. The van der Waals surface area contributed by atoms with E-state index in [2.05, 4.69) is 20.9 Å². The first-order chi connectivity index (χ1) is 14.0. The smallest absolute Gasteiger partial charge is 0.224 e. The number of guanidine groups is 1. The predicted octanol–water partition coefficient (Wildman–Crippen LogP) is 3.47. The summed E-state index contributed by atoms with van der Waals surface area (Å²) in [5, 5.41) is 9.09. The summed E-state index contributed by atoms with van der Waals surface area (Å²) >= 11 is 1.64. The van der Waals surface area contributed by atoms with Crippen LogP contribution in [0.2, 0.25) is 0 Å². The Morgan fingerprint density at radius 1 is 1.00 bits per heavy atom. The largest absolute Gasteiger partial charge is 0.355 e. The van der Waals surface area contributed by atoms with Crippen molar-refractivity contribution in [3.05, 3.63) is 70.8 Å². The lowest BCUT2D eigenvalue weighted by Gasteiger charge is -2.14. The average Bonchev–Trinajstić information content (AvgIpc) is 2.69. The summed E-state index contributed by atoms with van der Waals surface area (Å²) in [6.07, 6.45) is 2.11. The first-order valence-electron chi connectivity index (χ1n) is 9.23. The molecule has 0 aromatic heterocycles. The molecule has 0 radical (unpaired) electrons. The van der Waals surface area contributed by atoms with Crippen molar-refractivity contribution >= 4 is 47.6 Å². The number of halogens is 3. The summed E-state index contributed by atoms with van der Waals surface area (Å²) in [6, 6.07) is 10.8. The molecule has 0 saturated heterocycles. The van der Waals surface area contributed by atoms with Gasteiger partial charge in [-0.15, -0.1) is 24.0 Å². The van der Waals surface area contributed by atoms with Gasteiger partial charge in [-0.2, -0.15) is 11.8 Å². The molecule has 30 heavy (non-hydrogen) atoms. The quantitative estimate of drug-likeness (QED) is 0.195. The lowest BCUT2D eigenvalue weighted by molar-refractivity contribution is -0.120. The molecule has 0 saturated carbocycles. The van der Waals surface area contributed by atoms with E-state index in [4.69, 9.17) is 0 Å². The molecule has 0 atom stereocenters. The van der Waals surface area contributed by atoms with Crippen LogP contribution in [0, 0.1) is 11.6 Å². The van der Waals surface area contributed by atoms with Gasteiger partial charge in [0, 0.05) is 32.4 Å².